The van der Waals surface area contributed by atoms with Crippen LogP contribution in [0, 0.1) is 11.6 Å². The van der Waals surface area contributed by atoms with E-state index >= 15 is 0 Å². The molecule has 9 heteroatoms. The summed E-state index contributed by atoms with van der Waals surface area (Å²) < 4.78 is 52.7. The topological polar surface area (TPSA) is 69.7 Å². The van der Waals surface area contributed by atoms with Gasteiger partial charge in [-0.15, -0.1) is 0 Å². The van der Waals surface area contributed by atoms with E-state index in [0.717, 1.165) is 12.1 Å². The molecule has 2 rings (SSSR count). The second kappa shape index (κ2) is 7.33. The van der Waals surface area contributed by atoms with Crippen LogP contribution < -0.4 is 4.72 Å². The molecule has 1 heterocycles. The van der Waals surface area contributed by atoms with E-state index in [4.69, 9.17) is 0 Å². The van der Waals surface area contributed by atoms with Crippen LogP contribution in [0.3, 0.4) is 0 Å². The largest absolute Gasteiger partial charge is 0.340 e. The first kappa shape index (κ1) is 17.8. The lowest BCUT2D eigenvalue weighted by Gasteiger charge is -2.34. The summed E-state index contributed by atoms with van der Waals surface area (Å²) >= 11 is 0. The zero-order valence-electron chi connectivity index (χ0n) is 12.8. The van der Waals surface area contributed by atoms with Gasteiger partial charge in [0.05, 0.1) is 0 Å². The normalized spacial score (nSPS) is 16.6. The molecule has 128 valence electrons. The fourth-order valence-electron chi connectivity index (χ4n) is 2.40. The van der Waals surface area contributed by atoms with E-state index in [9.17, 15) is 22.0 Å². The van der Waals surface area contributed by atoms with Gasteiger partial charge in [0.2, 0.25) is 15.9 Å². The first-order valence-corrected chi connectivity index (χ1v) is 8.70. The number of hydrogen-bond acceptors (Lipinski definition) is 4. The number of halogens is 2. The van der Waals surface area contributed by atoms with Gasteiger partial charge >= 0.3 is 0 Å². The van der Waals surface area contributed by atoms with E-state index < -0.39 is 26.6 Å². The average molecular weight is 347 g/mol. The van der Waals surface area contributed by atoms with E-state index in [-0.39, 0.29) is 12.5 Å². The first-order chi connectivity index (χ1) is 10.8. The highest BCUT2D eigenvalue weighted by Gasteiger charge is 2.21. The molecule has 0 bridgehead atoms. The van der Waals surface area contributed by atoms with Crippen molar-refractivity contribution in [1.29, 1.82) is 0 Å². The maximum Gasteiger partial charge on any atom is 0.243 e. The Balaban J connectivity index is 1.85. The number of sulfonamides is 1. The smallest absolute Gasteiger partial charge is 0.243 e. The van der Waals surface area contributed by atoms with Crippen molar-refractivity contribution < 1.29 is 22.0 Å². The molecule has 0 atom stereocenters. The number of carbonyl (C=O) groups is 1. The molecule has 23 heavy (non-hydrogen) atoms. The number of nitrogens with one attached hydrogen (secondary N) is 1. The highest BCUT2D eigenvalue weighted by atomic mass is 32.2. The van der Waals surface area contributed by atoms with Gasteiger partial charge in [0, 0.05) is 52.3 Å². The van der Waals surface area contributed by atoms with Crippen molar-refractivity contribution in [3.8, 4) is 0 Å². The summed E-state index contributed by atoms with van der Waals surface area (Å²) in [6, 6.07) is 2.34. The summed E-state index contributed by atoms with van der Waals surface area (Å²) in [6.07, 6.45) is 0. The summed E-state index contributed by atoms with van der Waals surface area (Å²) in [5.74, 6) is -1.92. The van der Waals surface area contributed by atoms with E-state index in [2.05, 4.69) is 4.72 Å². The zero-order chi connectivity index (χ0) is 17.0. The van der Waals surface area contributed by atoms with Gasteiger partial charge in [-0.2, -0.15) is 0 Å². The van der Waals surface area contributed by atoms with Crippen LogP contribution in [0.2, 0.25) is 0 Å². The quantitative estimate of drug-likeness (QED) is 0.838. The maximum atomic E-state index is 13.5. The Bertz CT molecular complexity index is 674. The minimum Gasteiger partial charge on any atom is -0.340 e. The third-order valence-corrected chi connectivity index (χ3v) is 5.22. The number of nitrogens with zero attached hydrogens (tertiary/aromatic N) is 2. The van der Waals surface area contributed by atoms with Crippen LogP contribution in [0.25, 0.3) is 0 Å². The third kappa shape index (κ3) is 4.69. The molecule has 1 fully saturated rings. The van der Waals surface area contributed by atoms with Crippen molar-refractivity contribution in [3.05, 3.63) is 29.8 Å². The van der Waals surface area contributed by atoms with Crippen LogP contribution in [0.1, 0.15) is 6.92 Å². The molecule has 0 radical (unpaired) electrons. The van der Waals surface area contributed by atoms with E-state index in [1.54, 1.807) is 4.90 Å². The first-order valence-electron chi connectivity index (χ1n) is 7.22. The van der Waals surface area contributed by atoms with Gasteiger partial charge in [0.15, 0.2) is 0 Å². The molecule has 1 amide bonds. The standard InChI is InChI=1S/C14H19F2N3O3S/c1-11(20)19-8-6-18(7-9-19)5-4-17-23(21,22)14-3-2-12(15)10-13(14)16/h2-3,10,17H,4-9H2,1H3. The summed E-state index contributed by atoms with van der Waals surface area (Å²) in [4.78, 5) is 14.4. The van der Waals surface area contributed by atoms with Gasteiger partial charge in [-0.05, 0) is 12.1 Å². The molecular formula is C14H19F2N3O3S. The Hall–Kier alpha value is -1.58. The molecule has 1 aromatic rings. The van der Waals surface area contributed by atoms with Gasteiger partial charge in [-0.3, -0.25) is 9.69 Å². The fraction of sp³-hybridized carbons (Fsp3) is 0.500. The molecule has 0 aromatic heterocycles. The van der Waals surface area contributed by atoms with Crippen molar-refractivity contribution in [2.24, 2.45) is 0 Å². The Morgan fingerprint density at radius 2 is 1.87 bits per heavy atom. The summed E-state index contributed by atoms with van der Waals surface area (Å²) in [6.45, 7) is 4.61. The lowest BCUT2D eigenvalue weighted by atomic mass is 10.3. The van der Waals surface area contributed by atoms with Gasteiger partial charge in [0.1, 0.15) is 16.5 Å². The number of rotatable bonds is 5. The molecule has 0 unspecified atom stereocenters. The number of piperazine rings is 1. The molecule has 1 N–H and O–H groups in total. The van der Waals surface area contributed by atoms with E-state index in [1.165, 1.54) is 6.92 Å². The second-order valence-electron chi connectivity index (χ2n) is 5.32. The van der Waals surface area contributed by atoms with E-state index in [1.807, 2.05) is 4.90 Å². The van der Waals surface area contributed by atoms with Crippen LogP contribution in [-0.2, 0) is 14.8 Å². The van der Waals surface area contributed by atoms with E-state index in [0.29, 0.717) is 38.8 Å². The molecular weight excluding hydrogens is 328 g/mol. The summed E-state index contributed by atoms with van der Waals surface area (Å²) in [7, 11) is -4.02. The minimum absolute atomic E-state index is 0.0251. The number of hydrogen-bond donors (Lipinski definition) is 1. The molecule has 1 aromatic carbocycles. The van der Waals surface area contributed by atoms with Crippen LogP contribution in [0.15, 0.2) is 23.1 Å². The summed E-state index contributed by atoms with van der Waals surface area (Å²) in [5.41, 5.74) is 0. The monoisotopic (exact) mass is 347 g/mol. The third-order valence-electron chi connectivity index (χ3n) is 3.72. The van der Waals surface area contributed by atoms with Gasteiger partial charge in [-0.25, -0.2) is 21.9 Å². The Morgan fingerprint density at radius 1 is 1.22 bits per heavy atom. The average Bonchev–Trinajstić information content (AvgIpc) is 2.47. The number of benzene rings is 1. The molecule has 1 aliphatic rings. The van der Waals surface area contributed by atoms with Crippen LogP contribution in [-0.4, -0.2) is 63.4 Å². The van der Waals surface area contributed by atoms with Gasteiger partial charge in [0.25, 0.3) is 0 Å². The second-order valence-corrected chi connectivity index (χ2v) is 7.06. The SMILES string of the molecule is CC(=O)N1CCN(CCNS(=O)(=O)c2ccc(F)cc2F)CC1. The Morgan fingerprint density at radius 3 is 2.43 bits per heavy atom. The Labute approximate surface area is 134 Å². The van der Waals surface area contributed by atoms with Crippen LogP contribution >= 0.6 is 0 Å². The predicted molar refractivity (Wildman–Crippen MR) is 80.2 cm³/mol. The molecule has 1 aliphatic heterocycles. The summed E-state index contributed by atoms with van der Waals surface area (Å²) in [5, 5.41) is 0. The number of amides is 1. The van der Waals surface area contributed by atoms with Crippen molar-refractivity contribution in [3.63, 3.8) is 0 Å². The molecule has 0 saturated carbocycles. The van der Waals surface area contributed by atoms with Gasteiger partial charge in [-0.1, -0.05) is 0 Å². The van der Waals surface area contributed by atoms with Crippen LogP contribution in [0.5, 0.6) is 0 Å². The maximum absolute atomic E-state index is 13.5. The van der Waals surface area contributed by atoms with Gasteiger partial charge < -0.3 is 4.90 Å². The minimum atomic E-state index is -4.02. The highest BCUT2D eigenvalue weighted by Crippen LogP contribution is 2.15. The predicted octanol–water partition coefficient (Wildman–Crippen LogP) is 0.407. The lowest BCUT2D eigenvalue weighted by Crippen LogP contribution is -2.49. The van der Waals surface area contributed by atoms with Crippen molar-refractivity contribution in [2.75, 3.05) is 39.3 Å². The molecule has 6 nitrogen and oxygen atoms in total. The van der Waals surface area contributed by atoms with Crippen molar-refractivity contribution >= 4 is 15.9 Å². The Kier molecular flexibility index (Phi) is 5.66. The highest BCUT2D eigenvalue weighted by molar-refractivity contribution is 7.89. The fourth-order valence-corrected chi connectivity index (χ4v) is 3.47. The van der Waals surface area contributed by atoms with Crippen molar-refractivity contribution in [2.45, 2.75) is 11.8 Å². The zero-order valence-corrected chi connectivity index (χ0v) is 13.6. The molecule has 0 aliphatic carbocycles. The lowest BCUT2D eigenvalue weighted by molar-refractivity contribution is -0.130. The molecule has 1 saturated heterocycles. The van der Waals surface area contributed by atoms with Crippen LogP contribution in [0.4, 0.5) is 8.78 Å². The van der Waals surface area contributed by atoms with Crippen molar-refractivity contribution in [1.82, 2.24) is 14.5 Å². The number of carbonyl (C=O) groups excluding carboxylic acids is 1. The molecule has 0 spiro atoms.